The van der Waals surface area contributed by atoms with Gasteiger partial charge in [-0.2, -0.15) is 0 Å². The predicted octanol–water partition coefficient (Wildman–Crippen LogP) is 3.65. The lowest BCUT2D eigenvalue weighted by Crippen LogP contribution is -2.06. The summed E-state index contributed by atoms with van der Waals surface area (Å²) in [5, 5.41) is 0.0171. The van der Waals surface area contributed by atoms with E-state index in [2.05, 4.69) is 4.98 Å². The highest BCUT2D eigenvalue weighted by molar-refractivity contribution is 6.31. The summed E-state index contributed by atoms with van der Waals surface area (Å²) in [6.07, 6.45) is 1.56. The van der Waals surface area contributed by atoms with E-state index in [4.69, 9.17) is 16.3 Å². The first-order valence-electron chi connectivity index (χ1n) is 5.44. The van der Waals surface area contributed by atoms with E-state index >= 15 is 0 Å². The van der Waals surface area contributed by atoms with Gasteiger partial charge in [-0.25, -0.2) is 9.18 Å². The van der Waals surface area contributed by atoms with E-state index in [1.807, 2.05) is 0 Å². The number of hydrogen-bond acceptors (Lipinski definition) is 2. The van der Waals surface area contributed by atoms with Gasteiger partial charge in [0, 0.05) is 17.3 Å². The van der Waals surface area contributed by atoms with Crippen LogP contribution in [0.25, 0.3) is 11.1 Å². The first kappa shape index (κ1) is 12.6. The van der Waals surface area contributed by atoms with Gasteiger partial charge >= 0.3 is 5.97 Å². The van der Waals surface area contributed by atoms with E-state index in [1.54, 1.807) is 31.3 Å². The quantitative estimate of drug-likeness (QED) is 0.863. The first-order valence-corrected chi connectivity index (χ1v) is 5.81. The summed E-state index contributed by atoms with van der Waals surface area (Å²) in [5.74, 6) is -1.07. The minimum Gasteiger partial charge on any atom is -0.461 e. The topological polar surface area (TPSA) is 42.1 Å². The second-order valence-electron chi connectivity index (χ2n) is 3.59. The molecule has 1 aromatic carbocycles. The van der Waals surface area contributed by atoms with E-state index in [-0.39, 0.29) is 22.9 Å². The van der Waals surface area contributed by atoms with Crippen LogP contribution < -0.4 is 0 Å². The Hall–Kier alpha value is -1.81. The Morgan fingerprint density at radius 1 is 1.39 bits per heavy atom. The number of halogens is 2. The van der Waals surface area contributed by atoms with Gasteiger partial charge in [0.15, 0.2) is 0 Å². The zero-order valence-electron chi connectivity index (χ0n) is 9.67. The van der Waals surface area contributed by atoms with Crippen molar-refractivity contribution in [3.8, 4) is 11.1 Å². The summed E-state index contributed by atoms with van der Waals surface area (Å²) in [4.78, 5) is 14.4. The molecule has 1 aromatic heterocycles. The number of aromatic nitrogens is 1. The summed E-state index contributed by atoms with van der Waals surface area (Å²) >= 11 is 5.72. The lowest BCUT2D eigenvalue weighted by atomic mass is 10.1. The van der Waals surface area contributed by atoms with Crippen molar-refractivity contribution in [3.05, 3.63) is 47.0 Å². The Bertz CT molecular complexity index is 580. The third-order valence-electron chi connectivity index (χ3n) is 2.47. The van der Waals surface area contributed by atoms with Gasteiger partial charge in [-0.15, -0.1) is 0 Å². The van der Waals surface area contributed by atoms with Crippen LogP contribution in [0.5, 0.6) is 0 Å². The lowest BCUT2D eigenvalue weighted by Gasteiger charge is -2.06. The molecule has 0 amide bonds. The Morgan fingerprint density at radius 2 is 2.17 bits per heavy atom. The number of hydrogen-bond donors (Lipinski definition) is 1. The monoisotopic (exact) mass is 267 g/mol. The van der Waals surface area contributed by atoms with Crippen molar-refractivity contribution in [2.24, 2.45) is 0 Å². The van der Waals surface area contributed by atoms with Gasteiger partial charge in [0.2, 0.25) is 0 Å². The van der Waals surface area contributed by atoms with Gasteiger partial charge in [-0.3, -0.25) is 0 Å². The number of benzene rings is 1. The molecule has 0 unspecified atom stereocenters. The van der Waals surface area contributed by atoms with Crippen molar-refractivity contribution in [1.82, 2.24) is 4.98 Å². The standard InChI is InChI=1S/C13H11ClFNO2/c1-2-18-13(17)12-9(6-7-16-12)8-4-3-5-10(14)11(8)15/h3-7,16H,2H2,1H3. The van der Waals surface area contributed by atoms with Gasteiger partial charge in [0.1, 0.15) is 11.5 Å². The summed E-state index contributed by atoms with van der Waals surface area (Å²) in [5.41, 5.74) is 0.929. The Labute approximate surface area is 109 Å². The summed E-state index contributed by atoms with van der Waals surface area (Å²) in [6, 6.07) is 6.26. The number of aromatic amines is 1. The molecule has 0 saturated carbocycles. The number of carbonyl (C=O) groups is 1. The van der Waals surface area contributed by atoms with Crippen LogP contribution in [0.4, 0.5) is 4.39 Å². The maximum Gasteiger partial charge on any atom is 0.355 e. The van der Waals surface area contributed by atoms with Crippen molar-refractivity contribution in [2.75, 3.05) is 6.61 Å². The van der Waals surface area contributed by atoms with Gasteiger partial charge in [0.05, 0.1) is 11.6 Å². The molecule has 0 atom stereocenters. The highest BCUT2D eigenvalue weighted by Gasteiger charge is 2.18. The van der Waals surface area contributed by atoms with Gasteiger partial charge < -0.3 is 9.72 Å². The summed E-state index contributed by atoms with van der Waals surface area (Å²) in [7, 11) is 0. The zero-order chi connectivity index (χ0) is 13.1. The number of rotatable bonds is 3. The molecule has 94 valence electrons. The van der Waals surface area contributed by atoms with E-state index in [1.165, 1.54) is 6.07 Å². The fraction of sp³-hybridized carbons (Fsp3) is 0.154. The zero-order valence-corrected chi connectivity index (χ0v) is 10.4. The van der Waals surface area contributed by atoms with E-state index in [9.17, 15) is 9.18 Å². The fourth-order valence-electron chi connectivity index (χ4n) is 1.68. The minimum absolute atomic E-state index is 0.0171. The highest BCUT2D eigenvalue weighted by Crippen LogP contribution is 2.29. The third kappa shape index (κ3) is 2.24. The van der Waals surface area contributed by atoms with Crippen LogP contribution in [0.2, 0.25) is 5.02 Å². The summed E-state index contributed by atoms with van der Waals surface area (Å²) in [6.45, 7) is 1.97. The van der Waals surface area contributed by atoms with Crippen molar-refractivity contribution < 1.29 is 13.9 Å². The van der Waals surface area contributed by atoms with Crippen molar-refractivity contribution >= 4 is 17.6 Å². The average molecular weight is 268 g/mol. The molecular weight excluding hydrogens is 257 g/mol. The van der Waals surface area contributed by atoms with Crippen LogP contribution in [-0.2, 0) is 4.74 Å². The smallest absolute Gasteiger partial charge is 0.355 e. The Balaban J connectivity index is 2.49. The molecule has 2 rings (SSSR count). The third-order valence-corrected chi connectivity index (χ3v) is 2.76. The van der Waals surface area contributed by atoms with E-state index in [0.717, 1.165) is 0 Å². The molecule has 0 fully saturated rings. The molecule has 0 bridgehead atoms. The number of carbonyl (C=O) groups excluding carboxylic acids is 1. The molecular formula is C13H11ClFNO2. The molecule has 0 aliphatic rings. The fourth-order valence-corrected chi connectivity index (χ4v) is 1.85. The van der Waals surface area contributed by atoms with Crippen LogP contribution in [0.15, 0.2) is 30.5 Å². The number of nitrogens with one attached hydrogen (secondary N) is 1. The van der Waals surface area contributed by atoms with Crippen molar-refractivity contribution in [1.29, 1.82) is 0 Å². The molecule has 0 radical (unpaired) electrons. The van der Waals surface area contributed by atoms with Crippen LogP contribution in [-0.4, -0.2) is 17.6 Å². The van der Waals surface area contributed by atoms with E-state index < -0.39 is 11.8 Å². The second kappa shape index (κ2) is 5.23. The van der Waals surface area contributed by atoms with Crippen molar-refractivity contribution in [2.45, 2.75) is 6.92 Å². The maximum atomic E-state index is 13.9. The molecule has 0 saturated heterocycles. The average Bonchev–Trinajstić information content (AvgIpc) is 2.82. The molecule has 18 heavy (non-hydrogen) atoms. The molecule has 1 N–H and O–H groups in total. The lowest BCUT2D eigenvalue weighted by molar-refractivity contribution is 0.0521. The highest BCUT2D eigenvalue weighted by atomic mass is 35.5. The Kier molecular flexibility index (Phi) is 3.67. The normalized spacial score (nSPS) is 10.4. The summed E-state index contributed by atoms with van der Waals surface area (Å²) < 4.78 is 18.8. The van der Waals surface area contributed by atoms with Gasteiger partial charge in [-0.1, -0.05) is 23.7 Å². The molecule has 1 heterocycles. The number of H-pyrrole nitrogens is 1. The second-order valence-corrected chi connectivity index (χ2v) is 4.00. The maximum absolute atomic E-state index is 13.9. The number of esters is 1. The molecule has 0 spiro atoms. The molecule has 0 aliphatic heterocycles. The van der Waals surface area contributed by atoms with Crippen LogP contribution in [0.3, 0.4) is 0 Å². The largest absolute Gasteiger partial charge is 0.461 e. The minimum atomic E-state index is -0.552. The van der Waals surface area contributed by atoms with E-state index in [0.29, 0.717) is 5.56 Å². The SMILES string of the molecule is CCOC(=O)c1[nH]ccc1-c1cccc(Cl)c1F. The predicted molar refractivity (Wildman–Crippen MR) is 67.2 cm³/mol. The number of ether oxygens (including phenoxy) is 1. The van der Waals surface area contributed by atoms with Crippen molar-refractivity contribution in [3.63, 3.8) is 0 Å². The van der Waals surface area contributed by atoms with Gasteiger partial charge in [-0.05, 0) is 19.1 Å². The van der Waals surface area contributed by atoms with Crippen LogP contribution >= 0.6 is 11.6 Å². The first-order chi connectivity index (χ1) is 8.65. The molecule has 5 heteroatoms. The molecule has 0 aliphatic carbocycles. The molecule has 2 aromatic rings. The Morgan fingerprint density at radius 3 is 2.89 bits per heavy atom. The molecule has 3 nitrogen and oxygen atoms in total. The van der Waals surface area contributed by atoms with Crippen LogP contribution in [0, 0.1) is 5.82 Å². The van der Waals surface area contributed by atoms with Crippen LogP contribution in [0.1, 0.15) is 17.4 Å². The van der Waals surface area contributed by atoms with Gasteiger partial charge in [0.25, 0.3) is 0 Å².